The van der Waals surface area contributed by atoms with Crippen molar-refractivity contribution in [2.75, 3.05) is 0 Å². The number of aliphatic hydroxyl groups excluding tert-OH is 1. The van der Waals surface area contributed by atoms with E-state index < -0.39 is 6.17 Å². The largest absolute Gasteiger partial charge is 0.393 e. The molecule has 1 unspecified atom stereocenters. The molecule has 0 aromatic carbocycles. The van der Waals surface area contributed by atoms with Gasteiger partial charge in [0.05, 0.1) is 6.10 Å². The second-order valence-corrected chi connectivity index (χ2v) is 9.14. The molecule has 0 amide bonds. The van der Waals surface area contributed by atoms with Crippen molar-refractivity contribution >= 4 is 5.78 Å². The average Bonchev–Trinajstić information content (AvgIpc) is 2.75. The maximum Gasteiger partial charge on any atom is 0.133 e. The van der Waals surface area contributed by atoms with Crippen molar-refractivity contribution in [2.24, 2.45) is 34.5 Å². The molecule has 0 aromatic heterocycles. The van der Waals surface area contributed by atoms with Crippen LogP contribution in [-0.2, 0) is 4.79 Å². The molecule has 4 fully saturated rings. The molecule has 22 heavy (non-hydrogen) atoms. The number of rotatable bonds is 0. The molecular weight excluding hydrogens is 279 g/mol. The zero-order chi connectivity index (χ0) is 15.7. The molecule has 0 saturated heterocycles. The molecule has 0 heterocycles. The van der Waals surface area contributed by atoms with Crippen LogP contribution in [0.3, 0.4) is 0 Å². The van der Waals surface area contributed by atoms with Crippen LogP contribution in [0, 0.1) is 34.5 Å². The monoisotopic (exact) mass is 308 g/mol. The van der Waals surface area contributed by atoms with Gasteiger partial charge < -0.3 is 5.11 Å². The second kappa shape index (κ2) is 4.78. The Kier molecular flexibility index (Phi) is 3.28. The summed E-state index contributed by atoms with van der Waals surface area (Å²) in [5, 5.41) is 10.4. The van der Waals surface area contributed by atoms with Gasteiger partial charge in [0.15, 0.2) is 0 Å². The number of hydrogen-bond acceptors (Lipinski definition) is 2. The van der Waals surface area contributed by atoms with Gasteiger partial charge >= 0.3 is 0 Å². The summed E-state index contributed by atoms with van der Waals surface area (Å²) in [5.74, 6) is 1.79. The maximum atomic E-state index is 15.3. The zero-order valence-electron chi connectivity index (χ0n) is 13.9. The molecule has 8 atom stereocenters. The summed E-state index contributed by atoms with van der Waals surface area (Å²) in [6.45, 7) is 4.39. The summed E-state index contributed by atoms with van der Waals surface area (Å²) in [6, 6.07) is 0. The van der Waals surface area contributed by atoms with E-state index in [4.69, 9.17) is 0 Å². The van der Waals surface area contributed by atoms with Gasteiger partial charge in [0.1, 0.15) is 12.0 Å². The van der Waals surface area contributed by atoms with E-state index in [2.05, 4.69) is 13.8 Å². The van der Waals surface area contributed by atoms with Crippen molar-refractivity contribution in [1.29, 1.82) is 0 Å². The van der Waals surface area contributed by atoms with Gasteiger partial charge in [0.25, 0.3) is 0 Å². The highest BCUT2D eigenvalue weighted by Gasteiger charge is 2.63. The molecule has 4 aliphatic carbocycles. The Bertz CT molecular complexity index is 492. The molecule has 4 aliphatic rings. The molecular formula is C19H29FO2. The maximum absolute atomic E-state index is 15.3. The van der Waals surface area contributed by atoms with Crippen LogP contribution in [0.1, 0.15) is 65.2 Å². The number of hydrogen-bond donors (Lipinski definition) is 1. The van der Waals surface area contributed by atoms with Crippen molar-refractivity contribution in [3.8, 4) is 0 Å². The molecule has 2 nitrogen and oxygen atoms in total. The van der Waals surface area contributed by atoms with E-state index in [-0.39, 0.29) is 22.9 Å². The minimum absolute atomic E-state index is 0.00508. The Hall–Kier alpha value is -0.440. The highest BCUT2D eigenvalue weighted by atomic mass is 19.1. The summed E-state index contributed by atoms with van der Waals surface area (Å²) in [7, 11) is 0. The van der Waals surface area contributed by atoms with Gasteiger partial charge in [-0.25, -0.2) is 4.39 Å². The summed E-state index contributed by atoms with van der Waals surface area (Å²) >= 11 is 0. The first-order chi connectivity index (χ1) is 10.4. The van der Waals surface area contributed by atoms with Gasteiger partial charge in [-0.3, -0.25) is 4.79 Å². The second-order valence-electron chi connectivity index (χ2n) is 9.14. The third-order valence-corrected chi connectivity index (χ3v) is 8.32. The van der Waals surface area contributed by atoms with Crippen LogP contribution in [0.5, 0.6) is 0 Å². The van der Waals surface area contributed by atoms with Crippen molar-refractivity contribution in [3.63, 3.8) is 0 Å². The number of fused-ring (bicyclic) bond motifs is 5. The van der Waals surface area contributed by atoms with Crippen molar-refractivity contribution in [2.45, 2.75) is 77.5 Å². The van der Waals surface area contributed by atoms with E-state index in [9.17, 15) is 9.90 Å². The van der Waals surface area contributed by atoms with Gasteiger partial charge in [-0.1, -0.05) is 13.8 Å². The minimum Gasteiger partial charge on any atom is -0.393 e. The van der Waals surface area contributed by atoms with Crippen LogP contribution in [0.15, 0.2) is 0 Å². The van der Waals surface area contributed by atoms with Crippen LogP contribution < -0.4 is 0 Å². The minimum atomic E-state index is -0.806. The zero-order valence-corrected chi connectivity index (χ0v) is 13.9. The van der Waals surface area contributed by atoms with Gasteiger partial charge in [-0.05, 0) is 73.0 Å². The van der Waals surface area contributed by atoms with Crippen molar-refractivity contribution in [3.05, 3.63) is 0 Å². The first-order valence-electron chi connectivity index (χ1n) is 9.20. The van der Waals surface area contributed by atoms with Crippen LogP contribution in [-0.4, -0.2) is 23.2 Å². The molecule has 3 heteroatoms. The summed E-state index contributed by atoms with van der Waals surface area (Å²) in [6.07, 6.45) is 5.64. The lowest BCUT2D eigenvalue weighted by Gasteiger charge is -2.60. The fourth-order valence-corrected chi connectivity index (χ4v) is 7.07. The molecule has 0 bridgehead atoms. The first-order valence-corrected chi connectivity index (χ1v) is 9.20. The smallest absolute Gasteiger partial charge is 0.133 e. The Morgan fingerprint density at radius 1 is 1.14 bits per heavy atom. The quantitative estimate of drug-likeness (QED) is 0.737. The Morgan fingerprint density at radius 2 is 1.91 bits per heavy atom. The number of alkyl halides is 1. The van der Waals surface area contributed by atoms with Gasteiger partial charge in [-0.15, -0.1) is 0 Å². The molecule has 0 spiro atoms. The highest BCUT2D eigenvalue weighted by molar-refractivity contribution is 5.79. The van der Waals surface area contributed by atoms with E-state index in [0.717, 1.165) is 32.1 Å². The van der Waals surface area contributed by atoms with Gasteiger partial charge in [0, 0.05) is 12.8 Å². The molecule has 4 saturated carbocycles. The molecule has 0 aliphatic heterocycles. The first kappa shape index (κ1) is 15.1. The van der Waals surface area contributed by atoms with E-state index in [1.54, 1.807) is 0 Å². The predicted octanol–water partition coefficient (Wildman–Crippen LogP) is 3.91. The summed E-state index contributed by atoms with van der Waals surface area (Å²) in [5.41, 5.74) is -0.209. The van der Waals surface area contributed by atoms with Crippen molar-refractivity contribution < 1.29 is 14.3 Å². The molecule has 0 aromatic rings. The molecule has 124 valence electrons. The van der Waals surface area contributed by atoms with Crippen molar-refractivity contribution in [1.82, 2.24) is 0 Å². The molecule has 1 N–H and O–H groups in total. The normalized spacial score (nSPS) is 57.9. The number of aliphatic hydroxyl groups is 1. The van der Waals surface area contributed by atoms with Crippen LogP contribution >= 0.6 is 0 Å². The van der Waals surface area contributed by atoms with E-state index >= 15 is 4.39 Å². The number of Topliss-reactive ketones (excluding diaryl/α,β-unsaturated/α-hetero) is 1. The average molecular weight is 308 g/mol. The van der Waals surface area contributed by atoms with E-state index in [0.29, 0.717) is 42.8 Å². The van der Waals surface area contributed by atoms with Crippen LogP contribution in [0.25, 0.3) is 0 Å². The van der Waals surface area contributed by atoms with Gasteiger partial charge in [0.2, 0.25) is 0 Å². The topological polar surface area (TPSA) is 37.3 Å². The highest BCUT2D eigenvalue weighted by Crippen LogP contribution is 2.66. The Labute approximate surface area is 132 Å². The van der Waals surface area contributed by atoms with Crippen LogP contribution in [0.4, 0.5) is 4.39 Å². The Balaban J connectivity index is 1.69. The lowest BCUT2D eigenvalue weighted by Crippen LogP contribution is -2.58. The lowest BCUT2D eigenvalue weighted by atomic mass is 9.44. The molecule has 4 rings (SSSR count). The standard InChI is InChI=1S/C19H29FO2/c1-18-8-7-12(21)9-11(18)3-4-13-14-5-6-16(22)19(14,2)10-15(20)17(13)18/h11,13-17,22H,3-10H2,1-2H3/t11?,13-,14-,15-,16-,17+,18-,19-/m0/s1. The lowest BCUT2D eigenvalue weighted by molar-refractivity contribution is -0.161. The fourth-order valence-electron chi connectivity index (χ4n) is 7.07. The number of carbonyl (C=O) groups excluding carboxylic acids is 1. The predicted molar refractivity (Wildman–Crippen MR) is 83.0 cm³/mol. The summed E-state index contributed by atoms with van der Waals surface area (Å²) < 4.78 is 15.3. The third-order valence-electron chi connectivity index (χ3n) is 8.32. The van der Waals surface area contributed by atoms with E-state index in [1.807, 2.05) is 0 Å². The number of carbonyl (C=O) groups is 1. The van der Waals surface area contributed by atoms with E-state index in [1.165, 1.54) is 0 Å². The third kappa shape index (κ3) is 1.84. The molecule has 0 radical (unpaired) electrons. The number of halogens is 1. The van der Waals surface area contributed by atoms with Gasteiger partial charge in [-0.2, -0.15) is 0 Å². The Morgan fingerprint density at radius 3 is 2.68 bits per heavy atom. The number of ketones is 1. The fraction of sp³-hybridized carbons (Fsp3) is 0.947. The summed E-state index contributed by atoms with van der Waals surface area (Å²) in [4.78, 5) is 11.9. The SMILES string of the molecule is C[C@]12C[C@H](F)[C@H]3[C@@H](CCC4CC(=O)CC[C@@]43C)[C@@H]1CC[C@@H]2O. The van der Waals surface area contributed by atoms with Crippen LogP contribution in [0.2, 0.25) is 0 Å².